The molecular formula is C25H23F2N5O3S. The number of nitrogens with zero attached hydrogens (tertiary/aromatic N) is 5. The van der Waals surface area contributed by atoms with E-state index < -0.39 is 34.0 Å². The summed E-state index contributed by atoms with van der Waals surface area (Å²) in [5.74, 6) is 0.961. The van der Waals surface area contributed by atoms with Crippen molar-refractivity contribution in [2.75, 3.05) is 6.26 Å². The van der Waals surface area contributed by atoms with Gasteiger partial charge in [0.05, 0.1) is 31.7 Å². The van der Waals surface area contributed by atoms with Crippen molar-refractivity contribution in [1.82, 2.24) is 19.5 Å². The third kappa shape index (κ3) is 3.56. The van der Waals surface area contributed by atoms with Crippen LogP contribution in [0.1, 0.15) is 49.6 Å². The van der Waals surface area contributed by atoms with E-state index in [1.54, 1.807) is 38.4 Å². The third-order valence-electron chi connectivity index (χ3n) is 6.62. The van der Waals surface area contributed by atoms with Gasteiger partial charge in [-0.1, -0.05) is 12.1 Å². The normalized spacial score (nSPS) is 22.8. The largest absolute Gasteiger partial charge is 0.434 e. The molecular weight excluding hydrogens is 488 g/mol. The molecule has 2 aliphatic rings. The van der Waals surface area contributed by atoms with Crippen molar-refractivity contribution < 1.29 is 22.8 Å². The van der Waals surface area contributed by atoms with Crippen molar-refractivity contribution in [2.45, 2.75) is 49.5 Å². The molecule has 2 aromatic heterocycles. The van der Waals surface area contributed by atoms with Crippen LogP contribution in [0.4, 0.5) is 8.78 Å². The lowest BCUT2D eigenvalue weighted by atomic mass is 10.0. The molecule has 36 heavy (non-hydrogen) atoms. The summed E-state index contributed by atoms with van der Waals surface area (Å²) in [5, 5.41) is 10.2. The fourth-order valence-corrected chi connectivity index (χ4v) is 6.84. The standard InChI is InChI=1S/C25H23F2N5O3S/c1-25(2,33)23-28-11-14(12-29-23)13-7-8-15-17(9-13)32-18-10-16(22(32)30-15)31-36(3,34)20-6-4-5-19(21(18)20)35-24(26)27/h4-9,11-12,16,18,24,33H,10H2,1-3H3/t16-,18-,36-/m0/s1. The number of hydrogen-bond donors (Lipinski definition) is 1. The number of rotatable bonds is 4. The van der Waals surface area contributed by atoms with Gasteiger partial charge >= 0.3 is 6.61 Å². The van der Waals surface area contributed by atoms with E-state index >= 15 is 0 Å². The fourth-order valence-electron chi connectivity index (χ4n) is 5.09. The van der Waals surface area contributed by atoms with Crippen molar-refractivity contribution in [3.8, 4) is 16.9 Å². The minimum Gasteiger partial charge on any atom is -0.434 e. The summed E-state index contributed by atoms with van der Waals surface area (Å²) < 4.78 is 51.7. The molecule has 6 rings (SSSR count). The molecule has 2 aromatic carbocycles. The molecule has 0 fully saturated rings. The van der Waals surface area contributed by atoms with Crippen LogP contribution in [-0.2, 0) is 15.3 Å². The molecule has 0 aliphatic carbocycles. The van der Waals surface area contributed by atoms with Gasteiger partial charge in [0.2, 0.25) is 0 Å². The zero-order chi connectivity index (χ0) is 25.4. The number of ether oxygens (including phenoxy) is 1. The Morgan fingerprint density at radius 2 is 1.92 bits per heavy atom. The van der Waals surface area contributed by atoms with Crippen LogP contribution in [0.5, 0.6) is 5.75 Å². The monoisotopic (exact) mass is 511 g/mol. The first kappa shape index (κ1) is 23.0. The number of imidazole rings is 1. The summed E-state index contributed by atoms with van der Waals surface area (Å²) in [6.45, 7) is 0.223. The summed E-state index contributed by atoms with van der Waals surface area (Å²) in [6.07, 6.45) is 5.28. The molecule has 0 amide bonds. The van der Waals surface area contributed by atoms with E-state index in [0.29, 0.717) is 34.0 Å². The average Bonchev–Trinajstić information content (AvgIpc) is 3.31. The molecule has 0 radical (unpaired) electrons. The summed E-state index contributed by atoms with van der Waals surface area (Å²) in [6, 6.07) is 9.58. The lowest BCUT2D eigenvalue weighted by Crippen LogP contribution is -2.19. The Balaban J connectivity index is 1.54. The first-order chi connectivity index (χ1) is 17.0. The van der Waals surface area contributed by atoms with Crippen LogP contribution in [0.2, 0.25) is 0 Å². The second-order valence-corrected chi connectivity index (χ2v) is 11.9. The highest BCUT2D eigenvalue weighted by Gasteiger charge is 2.42. The van der Waals surface area contributed by atoms with Crippen molar-refractivity contribution >= 4 is 20.8 Å². The average molecular weight is 512 g/mol. The molecule has 186 valence electrons. The predicted molar refractivity (Wildman–Crippen MR) is 129 cm³/mol. The zero-order valence-electron chi connectivity index (χ0n) is 19.7. The van der Waals surface area contributed by atoms with Crippen LogP contribution in [0.3, 0.4) is 0 Å². The highest BCUT2D eigenvalue weighted by molar-refractivity contribution is 7.93. The van der Waals surface area contributed by atoms with E-state index in [-0.39, 0.29) is 5.75 Å². The van der Waals surface area contributed by atoms with Crippen LogP contribution in [0.25, 0.3) is 22.2 Å². The maximum atomic E-state index is 13.6. The molecule has 3 atom stereocenters. The quantitative estimate of drug-likeness (QED) is 0.421. The predicted octanol–water partition coefficient (Wildman–Crippen LogP) is 4.83. The number of halogens is 2. The summed E-state index contributed by atoms with van der Waals surface area (Å²) in [4.78, 5) is 13.8. The Labute approximate surface area is 206 Å². The Morgan fingerprint density at radius 3 is 2.61 bits per heavy atom. The molecule has 0 saturated carbocycles. The van der Waals surface area contributed by atoms with E-state index in [4.69, 9.17) is 9.72 Å². The van der Waals surface area contributed by atoms with Gasteiger partial charge < -0.3 is 14.4 Å². The van der Waals surface area contributed by atoms with Gasteiger partial charge in [-0.15, -0.1) is 0 Å². The van der Waals surface area contributed by atoms with Crippen molar-refractivity contribution in [3.05, 3.63) is 66.0 Å². The number of benzene rings is 2. The Bertz CT molecular complexity index is 1640. The maximum absolute atomic E-state index is 13.6. The lowest BCUT2D eigenvalue weighted by Gasteiger charge is -2.22. The van der Waals surface area contributed by atoms with Gasteiger partial charge in [0, 0.05) is 36.2 Å². The summed E-state index contributed by atoms with van der Waals surface area (Å²) >= 11 is 0. The molecule has 0 saturated heterocycles. The van der Waals surface area contributed by atoms with Crippen LogP contribution in [0, 0.1) is 0 Å². The first-order valence-corrected chi connectivity index (χ1v) is 13.3. The van der Waals surface area contributed by atoms with Crippen LogP contribution < -0.4 is 4.74 Å². The van der Waals surface area contributed by atoms with E-state index in [1.165, 1.54) is 12.3 Å². The molecule has 2 aliphatic heterocycles. The van der Waals surface area contributed by atoms with Gasteiger partial charge in [-0.25, -0.2) is 23.5 Å². The molecule has 1 N–H and O–H groups in total. The minimum atomic E-state index is -3.01. The second kappa shape index (κ2) is 7.78. The smallest absolute Gasteiger partial charge is 0.387 e. The van der Waals surface area contributed by atoms with Gasteiger partial charge in [-0.05, 0) is 43.7 Å². The Hall–Kier alpha value is -3.44. The maximum Gasteiger partial charge on any atom is 0.387 e. The van der Waals surface area contributed by atoms with Gasteiger partial charge in [-0.3, -0.25) is 0 Å². The molecule has 8 nitrogen and oxygen atoms in total. The van der Waals surface area contributed by atoms with Crippen LogP contribution in [0.15, 0.2) is 58.1 Å². The highest BCUT2D eigenvalue weighted by Crippen LogP contribution is 2.50. The number of aliphatic hydroxyl groups is 1. The fraction of sp³-hybridized carbons (Fsp3) is 0.320. The Morgan fingerprint density at radius 1 is 1.17 bits per heavy atom. The second-order valence-electron chi connectivity index (χ2n) is 9.62. The number of alkyl halides is 2. The van der Waals surface area contributed by atoms with Crippen molar-refractivity contribution in [2.24, 2.45) is 4.36 Å². The van der Waals surface area contributed by atoms with Gasteiger partial charge in [0.15, 0.2) is 5.82 Å². The summed E-state index contributed by atoms with van der Waals surface area (Å²) in [7, 11) is -2.86. The minimum absolute atomic E-state index is 0.000568. The van der Waals surface area contributed by atoms with E-state index in [9.17, 15) is 18.1 Å². The van der Waals surface area contributed by atoms with Crippen molar-refractivity contribution in [3.63, 3.8) is 0 Å². The SMILES string of the molecule is CC(C)(O)c1ncc(-c2ccc3nc4n(c3c2)[C@H]2C[C@@H]4N=[S@@](C)(=O)c3cccc(OC(F)F)c32)cn1. The van der Waals surface area contributed by atoms with Crippen molar-refractivity contribution in [1.29, 1.82) is 0 Å². The highest BCUT2D eigenvalue weighted by atomic mass is 32.2. The van der Waals surface area contributed by atoms with Gasteiger partial charge in [0.1, 0.15) is 23.2 Å². The van der Waals surface area contributed by atoms with Crippen LogP contribution in [-0.4, -0.2) is 41.7 Å². The molecule has 4 aromatic rings. The zero-order valence-corrected chi connectivity index (χ0v) is 20.5. The molecule has 0 spiro atoms. The molecule has 11 heteroatoms. The van der Waals surface area contributed by atoms with Gasteiger partial charge in [0.25, 0.3) is 0 Å². The van der Waals surface area contributed by atoms with E-state index in [0.717, 1.165) is 16.6 Å². The number of aromatic nitrogens is 4. The molecule has 2 bridgehead atoms. The van der Waals surface area contributed by atoms with Crippen LogP contribution >= 0.6 is 0 Å². The van der Waals surface area contributed by atoms with E-state index in [2.05, 4.69) is 14.3 Å². The number of hydrogen-bond acceptors (Lipinski definition) is 7. The van der Waals surface area contributed by atoms with Gasteiger partial charge in [-0.2, -0.15) is 8.78 Å². The topological polar surface area (TPSA) is 102 Å². The number of fused-ring (bicyclic) bond motifs is 9. The first-order valence-electron chi connectivity index (χ1n) is 11.4. The lowest BCUT2D eigenvalue weighted by molar-refractivity contribution is -0.0508. The Kier molecular flexibility index (Phi) is 4.97. The third-order valence-corrected chi connectivity index (χ3v) is 8.45. The summed E-state index contributed by atoms with van der Waals surface area (Å²) in [5.41, 5.74) is 2.39. The molecule has 0 unspecified atom stereocenters. The van der Waals surface area contributed by atoms with E-state index in [1.807, 2.05) is 22.8 Å². The molecule has 4 heterocycles.